The van der Waals surface area contributed by atoms with Crippen LogP contribution in [0.15, 0.2) is 30.6 Å². The number of benzene rings is 1. The maximum Gasteiger partial charge on any atom is 0.150 e. The second kappa shape index (κ2) is 5.02. The van der Waals surface area contributed by atoms with E-state index < -0.39 is 0 Å². The normalized spacial score (nSPS) is 22.9. The van der Waals surface area contributed by atoms with Gasteiger partial charge in [-0.2, -0.15) is 0 Å². The van der Waals surface area contributed by atoms with E-state index in [1.165, 1.54) is 36.8 Å². The largest absolute Gasteiger partial charge is 0.313 e. The van der Waals surface area contributed by atoms with Crippen molar-refractivity contribution in [3.63, 3.8) is 0 Å². The van der Waals surface area contributed by atoms with Gasteiger partial charge in [-0.1, -0.05) is 37.1 Å². The quantitative estimate of drug-likeness (QED) is 0.910. The average molecular weight is 268 g/mol. The summed E-state index contributed by atoms with van der Waals surface area (Å²) in [7, 11) is 0. The molecule has 4 heteroatoms. The lowest BCUT2D eigenvalue weighted by molar-refractivity contribution is 0.419. The van der Waals surface area contributed by atoms with Gasteiger partial charge in [-0.05, 0) is 30.4 Å². The molecule has 104 valence electrons. The Morgan fingerprint density at radius 3 is 2.75 bits per heavy atom. The molecule has 0 spiro atoms. The van der Waals surface area contributed by atoms with Crippen LogP contribution in [0.3, 0.4) is 0 Å². The third-order valence-electron chi connectivity index (χ3n) is 4.71. The van der Waals surface area contributed by atoms with Gasteiger partial charge in [0.2, 0.25) is 0 Å². The molecule has 1 N–H and O–H groups in total. The van der Waals surface area contributed by atoms with Crippen LogP contribution in [0, 0.1) is 0 Å². The molecule has 0 unspecified atom stereocenters. The first kappa shape index (κ1) is 12.1. The Morgan fingerprint density at radius 2 is 1.90 bits per heavy atom. The first-order valence-corrected chi connectivity index (χ1v) is 7.61. The molecular weight excluding hydrogens is 248 g/mol. The minimum Gasteiger partial charge on any atom is -0.313 e. The summed E-state index contributed by atoms with van der Waals surface area (Å²) >= 11 is 0. The van der Waals surface area contributed by atoms with Gasteiger partial charge in [0.25, 0.3) is 0 Å². The van der Waals surface area contributed by atoms with E-state index in [9.17, 15) is 0 Å². The van der Waals surface area contributed by atoms with Crippen LogP contribution in [0.4, 0.5) is 0 Å². The fraction of sp³-hybridized carbons (Fsp3) is 0.500. The van der Waals surface area contributed by atoms with Crippen molar-refractivity contribution in [1.29, 1.82) is 0 Å². The van der Waals surface area contributed by atoms with Gasteiger partial charge in [-0.3, -0.25) is 0 Å². The Labute approximate surface area is 119 Å². The maximum absolute atomic E-state index is 4.41. The van der Waals surface area contributed by atoms with Gasteiger partial charge in [0, 0.05) is 12.6 Å². The highest BCUT2D eigenvalue weighted by Crippen LogP contribution is 2.32. The Hall–Kier alpha value is -1.68. The monoisotopic (exact) mass is 268 g/mol. The molecule has 2 heterocycles. The van der Waals surface area contributed by atoms with E-state index in [2.05, 4.69) is 44.3 Å². The van der Waals surface area contributed by atoms with Crippen molar-refractivity contribution < 1.29 is 0 Å². The molecule has 0 bridgehead atoms. The van der Waals surface area contributed by atoms with Crippen molar-refractivity contribution in [2.24, 2.45) is 0 Å². The fourth-order valence-electron chi connectivity index (χ4n) is 3.60. The molecule has 2 aromatic rings. The van der Waals surface area contributed by atoms with Gasteiger partial charge in [-0.15, -0.1) is 10.2 Å². The molecule has 1 aromatic heterocycles. The Bertz CT molecular complexity index is 598. The lowest BCUT2D eigenvalue weighted by atomic mass is 9.95. The van der Waals surface area contributed by atoms with Crippen LogP contribution in [-0.2, 0) is 13.0 Å². The number of aromatic nitrogens is 3. The van der Waals surface area contributed by atoms with Crippen LogP contribution in [0.1, 0.15) is 54.7 Å². The van der Waals surface area contributed by atoms with Crippen LogP contribution in [0.25, 0.3) is 0 Å². The van der Waals surface area contributed by atoms with Crippen LogP contribution in [0.5, 0.6) is 0 Å². The van der Waals surface area contributed by atoms with Crippen molar-refractivity contribution in [3.8, 4) is 0 Å². The summed E-state index contributed by atoms with van der Waals surface area (Å²) in [6.45, 7) is 0.929. The number of fused-ring (bicyclic) bond motifs is 1. The zero-order valence-corrected chi connectivity index (χ0v) is 11.6. The molecule has 1 saturated carbocycles. The summed E-state index contributed by atoms with van der Waals surface area (Å²) in [5.74, 6) is 1.12. The molecule has 2 aliphatic rings. The van der Waals surface area contributed by atoms with E-state index in [4.69, 9.17) is 0 Å². The van der Waals surface area contributed by atoms with Crippen LogP contribution < -0.4 is 5.32 Å². The molecular formula is C16H20N4. The van der Waals surface area contributed by atoms with E-state index >= 15 is 0 Å². The molecule has 1 aliphatic carbocycles. The third kappa shape index (κ3) is 2.04. The van der Waals surface area contributed by atoms with Crippen molar-refractivity contribution in [2.45, 2.75) is 50.7 Å². The summed E-state index contributed by atoms with van der Waals surface area (Å²) in [5, 5.41) is 12.2. The predicted octanol–water partition coefficient (Wildman–Crippen LogP) is 2.78. The van der Waals surface area contributed by atoms with Gasteiger partial charge in [0.05, 0.1) is 6.04 Å². The highest BCUT2D eigenvalue weighted by Gasteiger charge is 2.27. The molecule has 0 radical (unpaired) electrons. The number of rotatable bonds is 2. The van der Waals surface area contributed by atoms with Crippen LogP contribution in [-0.4, -0.2) is 14.8 Å². The fourth-order valence-corrected chi connectivity index (χ4v) is 3.60. The van der Waals surface area contributed by atoms with E-state index in [1.54, 1.807) is 0 Å². The highest BCUT2D eigenvalue weighted by molar-refractivity contribution is 5.30. The molecule has 1 atom stereocenters. The first-order valence-electron chi connectivity index (χ1n) is 7.61. The Balaban J connectivity index is 1.62. The first-order chi connectivity index (χ1) is 9.92. The molecule has 4 rings (SSSR count). The zero-order chi connectivity index (χ0) is 13.4. The maximum atomic E-state index is 4.41. The summed E-state index contributed by atoms with van der Waals surface area (Å²) in [4.78, 5) is 0. The van der Waals surface area contributed by atoms with E-state index in [0.29, 0.717) is 12.1 Å². The molecule has 4 nitrogen and oxygen atoms in total. The van der Waals surface area contributed by atoms with E-state index in [-0.39, 0.29) is 0 Å². The molecule has 1 aromatic carbocycles. The van der Waals surface area contributed by atoms with Crippen molar-refractivity contribution in [3.05, 3.63) is 47.5 Å². The second-order valence-corrected chi connectivity index (χ2v) is 5.94. The molecule has 0 saturated heterocycles. The summed E-state index contributed by atoms with van der Waals surface area (Å²) < 4.78 is 2.32. The summed E-state index contributed by atoms with van der Waals surface area (Å²) in [6, 6.07) is 9.59. The number of nitrogens with zero attached hydrogens (tertiary/aromatic N) is 3. The molecule has 20 heavy (non-hydrogen) atoms. The van der Waals surface area contributed by atoms with Gasteiger partial charge in [0.15, 0.2) is 5.82 Å². The van der Waals surface area contributed by atoms with Crippen LogP contribution >= 0.6 is 0 Å². The van der Waals surface area contributed by atoms with Crippen molar-refractivity contribution >= 4 is 0 Å². The van der Waals surface area contributed by atoms with Gasteiger partial charge in [-0.25, -0.2) is 0 Å². The second-order valence-electron chi connectivity index (χ2n) is 5.94. The van der Waals surface area contributed by atoms with E-state index in [1.807, 2.05) is 6.33 Å². The average Bonchev–Trinajstić information content (AvgIpc) is 3.17. The lowest BCUT2D eigenvalue weighted by Crippen LogP contribution is -2.31. The smallest absolute Gasteiger partial charge is 0.150 e. The topological polar surface area (TPSA) is 42.7 Å². The lowest BCUT2D eigenvalue weighted by Gasteiger charge is -2.27. The molecule has 1 aliphatic heterocycles. The van der Waals surface area contributed by atoms with Gasteiger partial charge in [0.1, 0.15) is 6.33 Å². The number of hydrogen-bond donors (Lipinski definition) is 1. The summed E-state index contributed by atoms with van der Waals surface area (Å²) in [6.07, 6.45) is 8.16. The minimum atomic E-state index is 0.299. The molecule has 0 amide bonds. The predicted molar refractivity (Wildman–Crippen MR) is 77.3 cm³/mol. The van der Waals surface area contributed by atoms with Crippen molar-refractivity contribution in [2.75, 3.05) is 0 Å². The number of hydrogen-bond acceptors (Lipinski definition) is 3. The third-order valence-corrected chi connectivity index (χ3v) is 4.71. The number of nitrogens with one attached hydrogen (secondary N) is 1. The Morgan fingerprint density at radius 1 is 1.10 bits per heavy atom. The van der Waals surface area contributed by atoms with Crippen LogP contribution in [0.2, 0.25) is 0 Å². The Kier molecular flexibility index (Phi) is 3.03. The standard InChI is InChI=1S/C16H20N4/c1-2-6-13-10-17-15(9-12(13)5-1)16-19-18-11-20(16)14-7-3-4-8-14/h1-2,5-6,11,14-15,17H,3-4,7-10H2/t15-/m0/s1. The highest BCUT2D eigenvalue weighted by atomic mass is 15.3. The van der Waals surface area contributed by atoms with E-state index in [0.717, 1.165) is 18.8 Å². The van der Waals surface area contributed by atoms with Gasteiger partial charge >= 0.3 is 0 Å². The van der Waals surface area contributed by atoms with Crippen molar-refractivity contribution in [1.82, 2.24) is 20.1 Å². The SMILES string of the molecule is c1ccc2c(c1)CN[C@H](c1nncn1C1CCCC1)C2. The minimum absolute atomic E-state index is 0.299. The zero-order valence-electron chi connectivity index (χ0n) is 11.6. The summed E-state index contributed by atoms with van der Waals surface area (Å²) in [5.41, 5.74) is 2.85. The van der Waals surface area contributed by atoms with Gasteiger partial charge < -0.3 is 9.88 Å². The molecule has 1 fully saturated rings.